The van der Waals surface area contributed by atoms with Crippen molar-refractivity contribution in [2.45, 2.75) is 19.4 Å². The number of carbonyl (C=O) groups excluding carboxylic acids is 1. The van der Waals surface area contributed by atoms with Crippen molar-refractivity contribution in [2.24, 2.45) is 0 Å². The molecule has 0 radical (unpaired) electrons. The maximum Gasteiger partial charge on any atom is 0.273 e. The number of aryl methyl sites for hydroxylation is 1. The average molecular weight is 308 g/mol. The molecule has 112 valence electrons. The first kappa shape index (κ1) is 15.5. The lowest BCUT2D eigenvalue weighted by atomic mass is 9.94. The Morgan fingerprint density at radius 3 is 3.05 bits per heavy atom. The third-order valence-electron chi connectivity index (χ3n) is 3.54. The second kappa shape index (κ2) is 6.74. The van der Waals surface area contributed by atoms with Crippen LogP contribution in [0.5, 0.6) is 0 Å². The fraction of sp³-hybridized carbons (Fsp3) is 0.333. The van der Waals surface area contributed by atoms with Crippen LogP contribution in [-0.2, 0) is 6.42 Å². The van der Waals surface area contributed by atoms with Gasteiger partial charge in [-0.3, -0.25) is 4.79 Å². The minimum atomic E-state index is -0.202. The molecule has 0 fully saturated rings. The van der Waals surface area contributed by atoms with Gasteiger partial charge in [0.1, 0.15) is 5.76 Å². The van der Waals surface area contributed by atoms with Gasteiger partial charge in [-0.25, -0.2) is 0 Å². The fourth-order valence-electron chi connectivity index (χ4n) is 2.53. The van der Waals surface area contributed by atoms with Crippen LogP contribution in [0.25, 0.3) is 0 Å². The molecular formula is C15H18ClN3O2. The van der Waals surface area contributed by atoms with Crippen molar-refractivity contribution in [3.63, 3.8) is 0 Å². The molecule has 21 heavy (non-hydrogen) atoms. The van der Waals surface area contributed by atoms with Gasteiger partial charge in [-0.15, -0.1) is 12.4 Å². The fourth-order valence-corrected chi connectivity index (χ4v) is 2.53. The van der Waals surface area contributed by atoms with Gasteiger partial charge < -0.3 is 15.2 Å². The third kappa shape index (κ3) is 3.43. The number of aromatic nitrogens is 1. The van der Waals surface area contributed by atoms with E-state index in [9.17, 15) is 4.79 Å². The van der Waals surface area contributed by atoms with Gasteiger partial charge in [-0.05, 0) is 31.0 Å². The Morgan fingerprint density at radius 1 is 1.48 bits per heavy atom. The monoisotopic (exact) mass is 307 g/mol. The van der Waals surface area contributed by atoms with Crippen molar-refractivity contribution in [3.05, 3.63) is 52.9 Å². The van der Waals surface area contributed by atoms with E-state index in [1.807, 2.05) is 6.07 Å². The lowest BCUT2D eigenvalue weighted by Crippen LogP contribution is -2.38. The van der Waals surface area contributed by atoms with Gasteiger partial charge in [0.2, 0.25) is 0 Å². The van der Waals surface area contributed by atoms with Crippen LogP contribution in [0.4, 0.5) is 0 Å². The summed E-state index contributed by atoms with van der Waals surface area (Å²) in [4.78, 5) is 12.0. The van der Waals surface area contributed by atoms with Crippen molar-refractivity contribution >= 4 is 18.3 Å². The van der Waals surface area contributed by atoms with E-state index >= 15 is 0 Å². The largest absolute Gasteiger partial charge is 0.361 e. The number of fused-ring (bicyclic) bond motifs is 1. The highest BCUT2D eigenvalue weighted by atomic mass is 35.5. The number of nitrogens with one attached hydrogen (secondary N) is 2. The molecule has 1 aromatic carbocycles. The summed E-state index contributed by atoms with van der Waals surface area (Å²) in [6.07, 6.45) is 1.03. The summed E-state index contributed by atoms with van der Waals surface area (Å²) >= 11 is 0. The Balaban J connectivity index is 0.00000161. The molecule has 6 heteroatoms. The highest BCUT2D eigenvalue weighted by Crippen LogP contribution is 2.21. The molecule has 5 nitrogen and oxygen atoms in total. The van der Waals surface area contributed by atoms with Crippen LogP contribution in [0.3, 0.4) is 0 Å². The number of nitrogens with zero attached hydrogens (tertiary/aromatic N) is 1. The van der Waals surface area contributed by atoms with Crippen molar-refractivity contribution in [2.75, 3.05) is 13.1 Å². The van der Waals surface area contributed by atoms with E-state index in [-0.39, 0.29) is 24.4 Å². The molecule has 1 aromatic heterocycles. The second-order valence-corrected chi connectivity index (χ2v) is 4.99. The first-order valence-corrected chi connectivity index (χ1v) is 6.77. The molecule has 2 aromatic rings. The smallest absolute Gasteiger partial charge is 0.273 e. The van der Waals surface area contributed by atoms with E-state index in [1.54, 1.807) is 13.0 Å². The third-order valence-corrected chi connectivity index (χ3v) is 3.54. The second-order valence-electron chi connectivity index (χ2n) is 4.99. The van der Waals surface area contributed by atoms with Crippen molar-refractivity contribution in [1.82, 2.24) is 15.8 Å². The van der Waals surface area contributed by atoms with E-state index in [0.717, 1.165) is 13.0 Å². The lowest BCUT2D eigenvalue weighted by molar-refractivity contribution is 0.0940. The number of amides is 1. The zero-order chi connectivity index (χ0) is 13.9. The first-order valence-electron chi connectivity index (χ1n) is 6.77. The molecule has 1 amide bonds. The van der Waals surface area contributed by atoms with E-state index < -0.39 is 0 Å². The number of hydrogen-bond acceptors (Lipinski definition) is 4. The summed E-state index contributed by atoms with van der Waals surface area (Å²) in [7, 11) is 0. The summed E-state index contributed by atoms with van der Waals surface area (Å²) < 4.78 is 4.91. The summed E-state index contributed by atoms with van der Waals surface area (Å²) in [5.74, 6) is 0.433. The quantitative estimate of drug-likeness (QED) is 0.910. The predicted molar refractivity (Wildman–Crippen MR) is 81.7 cm³/mol. The topological polar surface area (TPSA) is 67.2 Å². The predicted octanol–water partition coefficient (Wildman–Crippen LogP) is 2.02. The number of halogens is 1. The van der Waals surface area contributed by atoms with Crippen LogP contribution in [-0.4, -0.2) is 24.2 Å². The van der Waals surface area contributed by atoms with E-state index in [1.165, 1.54) is 11.1 Å². The molecule has 0 bridgehead atoms. The summed E-state index contributed by atoms with van der Waals surface area (Å²) in [5, 5.41) is 10.0. The maximum absolute atomic E-state index is 12.0. The Kier molecular flexibility index (Phi) is 4.98. The van der Waals surface area contributed by atoms with Crippen molar-refractivity contribution in [1.29, 1.82) is 0 Å². The highest BCUT2D eigenvalue weighted by Gasteiger charge is 2.20. The zero-order valence-electron chi connectivity index (χ0n) is 11.8. The van der Waals surface area contributed by atoms with Crippen LogP contribution >= 0.6 is 12.4 Å². The van der Waals surface area contributed by atoms with Gasteiger partial charge in [-0.2, -0.15) is 0 Å². The van der Waals surface area contributed by atoms with Crippen LogP contribution in [0, 0.1) is 6.92 Å². The molecule has 1 unspecified atom stereocenters. The SMILES string of the molecule is Cc1cc(C(=O)NCC2NCCc3ccccc32)no1.Cl. The molecule has 3 rings (SSSR count). The Morgan fingerprint density at radius 2 is 2.29 bits per heavy atom. The Bertz CT molecular complexity index is 627. The molecule has 1 aliphatic heterocycles. The van der Waals surface area contributed by atoms with E-state index in [4.69, 9.17) is 4.52 Å². The molecule has 0 spiro atoms. The minimum absolute atomic E-state index is 0. The lowest BCUT2D eigenvalue weighted by Gasteiger charge is -2.26. The Hall–Kier alpha value is -1.85. The molecule has 1 atom stereocenters. The first-order chi connectivity index (χ1) is 9.74. The number of benzene rings is 1. The van der Waals surface area contributed by atoms with Gasteiger partial charge in [-0.1, -0.05) is 29.4 Å². The van der Waals surface area contributed by atoms with Crippen LogP contribution < -0.4 is 10.6 Å². The molecular weight excluding hydrogens is 290 g/mol. The zero-order valence-corrected chi connectivity index (χ0v) is 12.6. The Labute approximate surface area is 129 Å². The van der Waals surface area contributed by atoms with Gasteiger partial charge in [0, 0.05) is 18.7 Å². The summed E-state index contributed by atoms with van der Waals surface area (Å²) in [6, 6.07) is 10.1. The van der Waals surface area contributed by atoms with E-state index in [0.29, 0.717) is 18.0 Å². The number of hydrogen-bond donors (Lipinski definition) is 2. The van der Waals surface area contributed by atoms with Crippen molar-refractivity contribution in [3.8, 4) is 0 Å². The molecule has 2 N–H and O–H groups in total. The van der Waals surface area contributed by atoms with Gasteiger partial charge in [0.25, 0.3) is 5.91 Å². The van der Waals surface area contributed by atoms with Crippen molar-refractivity contribution < 1.29 is 9.32 Å². The van der Waals surface area contributed by atoms with Crippen LogP contribution in [0.15, 0.2) is 34.9 Å². The van der Waals surface area contributed by atoms with E-state index in [2.05, 4.69) is 34.0 Å². The average Bonchev–Trinajstić information content (AvgIpc) is 2.91. The molecule has 0 aliphatic carbocycles. The summed E-state index contributed by atoms with van der Waals surface area (Å²) in [6.45, 7) is 3.24. The molecule has 1 aliphatic rings. The maximum atomic E-state index is 12.0. The molecule has 0 saturated carbocycles. The number of rotatable bonds is 3. The van der Waals surface area contributed by atoms with Crippen LogP contribution in [0.1, 0.15) is 33.4 Å². The highest BCUT2D eigenvalue weighted by molar-refractivity contribution is 5.92. The van der Waals surface area contributed by atoms with Gasteiger partial charge in [0.15, 0.2) is 5.69 Å². The van der Waals surface area contributed by atoms with Gasteiger partial charge in [0.05, 0.1) is 0 Å². The normalized spacial score (nSPS) is 16.7. The summed E-state index contributed by atoms with van der Waals surface area (Å²) in [5.41, 5.74) is 2.93. The molecule has 0 saturated heterocycles. The molecule has 2 heterocycles. The van der Waals surface area contributed by atoms with Gasteiger partial charge >= 0.3 is 0 Å². The van der Waals surface area contributed by atoms with Crippen LogP contribution in [0.2, 0.25) is 0 Å². The standard InChI is InChI=1S/C15H17N3O2.ClH/c1-10-8-13(18-20-10)15(19)17-9-14-12-5-3-2-4-11(12)6-7-16-14;/h2-5,8,14,16H,6-7,9H2,1H3,(H,17,19);1H. The minimum Gasteiger partial charge on any atom is -0.361 e. The number of carbonyl (C=O) groups is 1.